The molecule has 0 aliphatic carbocycles. The number of hydrogen-bond acceptors (Lipinski definition) is 1. The molecule has 0 spiro atoms. The summed E-state index contributed by atoms with van der Waals surface area (Å²) in [6.07, 6.45) is 2.69. The highest BCUT2D eigenvalue weighted by molar-refractivity contribution is 6.49. The van der Waals surface area contributed by atoms with Gasteiger partial charge in [0.1, 0.15) is 0 Å². The van der Waals surface area contributed by atoms with Crippen LogP contribution in [0.3, 0.4) is 0 Å². The van der Waals surface area contributed by atoms with Gasteiger partial charge < -0.3 is 4.90 Å². The summed E-state index contributed by atoms with van der Waals surface area (Å²) in [5.41, 5.74) is 2.59. The van der Waals surface area contributed by atoms with Gasteiger partial charge in [-0.05, 0) is 29.8 Å². The van der Waals surface area contributed by atoms with Crippen molar-refractivity contribution in [3.63, 3.8) is 0 Å². The number of carbonyl (C=O) groups is 1. The third-order valence-electron chi connectivity index (χ3n) is 3.35. The molecule has 1 aliphatic heterocycles. The lowest BCUT2D eigenvalue weighted by molar-refractivity contribution is -0.107. The van der Waals surface area contributed by atoms with E-state index in [2.05, 4.69) is 0 Å². The summed E-state index contributed by atoms with van der Waals surface area (Å²) in [7, 11) is 0. The van der Waals surface area contributed by atoms with Crippen LogP contribution < -0.4 is 4.90 Å². The third-order valence-corrected chi connectivity index (χ3v) is 3.91. The number of carbonyl (C=O) groups excluding carboxylic acids is 1. The lowest BCUT2D eigenvalue weighted by atomic mass is 9.98. The van der Waals surface area contributed by atoms with Crippen molar-refractivity contribution in [2.45, 2.75) is 6.04 Å². The molecule has 0 bridgehead atoms. The van der Waals surface area contributed by atoms with Gasteiger partial charge in [0.15, 0.2) is 0 Å². The smallest absolute Gasteiger partial charge is 0.214 e. The number of nitrogens with zero attached hydrogens (tertiary/aromatic N) is 1. The molecule has 0 saturated heterocycles. The molecule has 1 heterocycles. The zero-order valence-electron chi connectivity index (χ0n) is 10.5. The number of para-hydroxylation sites is 1. The van der Waals surface area contributed by atoms with Crippen LogP contribution in [0.4, 0.5) is 5.69 Å². The van der Waals surface area contributed by atoms with E-state index >= 15 is 0 Å². The van der Waals surface area contributed by atoms with Gasteiger partial charge in [0.25, 0.3) is 0 Å². The molecule has 4 heteroatoms. The Labute approximate surface area is 127 Å². The molecular weight excluding hydrogens is 293 g/mol. The highest BCUT2D eigenvalue weighted by Crippen LogP contribution is 2.41. The maximum absolute atomic E-state index is 11.5. The third kappa shape index (κ3) is 2.21. The van der Waals surface area contributed by atoms with Crippen molar-refractivity contribution in [2.24, 2.45) is 0 Å². The summed E-state index contributed by atoms with van der Waals surface area (Å²) in [5, 5.41) is 1.28. The molecule has 20 heavy (non-hydrogen) atoms. The topological polar surface area (TPSA) is 20.3 Å². The summed E-state index contributed by atoms with van der Waals surface area (Å²) < 4.78 is 0. The predicted molar refractivity (Wildman–Crippen MR) is 83.0 cm³/mol. The van der Waals surface area contributed by atoms with Crippen LogP contribution in [0.25, 0.3) is 5.03 Å². The van der Waals surface area contributed by atoms with E-state index in [1.807, 2.05) is 48.5 Å². The number of benzene rings is 2. The first-order valence-electron chi connectivity index (χ1n) is 6.16. The SMILES string of the molecule is O=CN1c2ccccc2C(Cl)=CC1c1cccc(Cl)c1. The van der Waals surface area contributed by atoms with Gasteiger partial charge in [-0.2, -0.15) is 0 Å². The summed E-state index contributed by atoms with van der Waals surface area (Å²) in [6, 6.07) is 14.8. The second kappa shape index (κ2) is 5.31. The first kappa shape index (κ1) is 13.2. The zero-order valence-corrected chi connectivity index (χ0v) is 12.0. The number of hydrogen-bond donors (Lipinski definition) is 0. The Kier molecular flexibility index (Phi) is 3.51. The van der Waals surface area contributed by atoms with Crippen LogP contribution in [0.2, 0.25) is 5.02 Å². The van der Waals surface area contributed by atoms with Gasteiger partial charge in [-0.3, -0.25) is 4.79 Å². The van der Waals surface area contributed by atoms with E-state index in [4.69, 9.17) is 23.2 Å². The quantitative estimate of drug-likeness (QED) is 0.740. The fraction of sp³-hybridized carbons (Fsp3) is 0.0625. The highest BCUT2D eigenvalue weighted by Gasteiger charge is 2.26. The Hall–Kier alpha value is -1.77. The van der Waals surface area contributed by atoms with Crippen LogP contribution in [0.1, 0.15) is 17.2 Å². The average molecular weight is 304 g/mol. The van der Waals surface area contributed by atoms with Crippen LogP contribution in [-0.2, 0) is 4.79 Å². The molecule has 0 N–H and O–H groups in total. The molecule has 100 valence electrons. The Morgan fingerprint density at radius 1 is 1.05 bits per heavy atom. The minimum atomic E-state index is -0.242. The molecule has 0 radical (unpaired) electrons. The van der Waals surface area contributed by atoms with E-state index in [9.17, 15) is 4.79 Å². The maximum atomic E-state index is 11.5. The van der Waals surface area contributed by atoms with E-state index in [-0.39, 0.29) is 6.04 Å². The summed E-state index contributed by atoms with van der Waals surface area (Å²) in [6.45, 7) is 0. The molecule has 0 fully saturated rings. The molecule has 1 aliphatic rings. The Bertz CT molecular complexity index is 696. The lowest BCUT2D eigenvalue weighted by Gasteiger charge is -2.32. The predicted octanol–water partition coefficient (Wildman–Crippen LogP) is 4.64. The first-order chi connectivity index (χ1) is 9.70. The van der Waals surface area contributed by atoms with Gasteiger partial charge in [0.2, 0.25) is 6.41 Å². The minimum absolute atomic E-state index is 0.242. The monoisotopic (exact) mass is 303 g/mol. The van der Waals surface area contributed by atoms with Crippen LogP contribution in [-0.4, -0.2) is 6.41 Å². The molecular formula is C16H11Cl2NO. The summed E-state index contributed by atoms with van der Waals surface area (Å²) in [5.74, 6) is 0. The van der Waals surface area contributed by atoms with Crippen molar-refractivity contribution in [3.05, 3.63) is 70.8 Å². The van der Waals surface area contributed by atoms with E-state index in [1.165, 1.54) is 0 Å². The molecule has 0 aromatic heterocycles. The van der Waals surface area contributed by atoms with Crippen molar-refractivity contribution in [3.8, 4) is 0 Å². The van der Waals surface area contributed by atoms with Gasteiger partial charge in [-0.1, -0.05) is 53.5 Å². The van der Waals surface area contributed by atoms with Crippen molar-refractivity contribution >= 4 is 40.3 Å². The van der Waals surface area contributed by atoms with Gasteiger partial charge in [-0.25, -0.2) is 0 Å². The average Bonchev–Trinajstić information content (AvgIpc) is 2.47. The maximum Gasteiger partial charge on any atom is 0.214 e. The molecule has 1 unspecified atom stereocenters. The van der Waals surface area contributed by atoms with E-state index in [0.29, 0.717) is 10.1 Å². The second-order valence-electron chi connectivity index (χ2n) is 4.54. The Morgan fingerprint density at radius 2 is 1.85 bits per heavy atom. The second-order valence-corrected chi connectivity index (χ2v) is 5.39. The van der Waals surface area contributed by atoms with Crippen LogP contribution in [0.5, 0.6) is 0 Å². The summed E-state index contributed by atoms with van der Waals surface area (Å²) >= 11 is 12.4. The van der Waals surface area contributed by atoms with E-state index in [1.54, 1.807) is 11.0 Å². The van der Waals surface area contributed by atoms with Crippen LogP contribution in [0.15, 0.2) is 54.6 Å². The van der Waals surface area contributed by atoms with Crippen molar-refractivity contribution in [1.29, 1.82) is 0 Å². The number of fused-ring (bicyclic) bond motifs is 1. The molecule has 0 saturated carbocycles. The zero-order chi connectivity index (χ0) is 14.1. The van der Waals surface area contributed by atoms with Crippen LogP contribution >= 0.6 is 23.2 Å². The molecule has 1 atom stereocenters. The molecule has 1 amide bonds. The minimum Gasteiger partial charge on any atom is -0.303 e. The lowest BCUT2D eigenvalue weighted by Crippen LogP contribution is -2.29. The van der Waals surface area contributed by atoms with Crippen molar-refractivity contribution < 1.29 is 4.79 Å². The van der Waals surface area contributed by atoms with Crippen molar-refractivity contribution in [2.75, 3.05) is 4.90 Å². The van der Waals surface area contributed by atoms with Gasteiger partial charge in [-0.15, -0.1) is 0 Å². The van der Waals surface area contributed by atoms with Crippen molar-refractivity contribution in [1.82, 2.24) is 0 Å². The fourth-order valence-electron chi connectivity index (χ4n) is 2.43. The highest BCUT2D eigenvalue weighted by atomic mass is 35.5. The largest absolute Gasteiger partial charge is 0.303 e. The van der Waals surface area contributed by atoms with Crippen LogP contribution in [0, 0.1) is 0 Å². The number of amides is 1. The first-order valence-corrected chi connectivity index (χ1v) is 6.92. The van der Waals surface area contributed by atoms with Gasteiger partial charge >= 0.3 is 0 Å². The van der Waals surface area contributed by atoms with E-state index < -0.39 is 0 Å². The molecule has 2 aromatic carbocycles. The number of rotatable bonds is 2. The number of halogens is 2. The van der Waals surface area contributed by atoms with E-state index in [0.717, 1.165) is 23.2 Å². The molecule has 3 rings (SSSR count). The fourth-order valence-corrected chi connectivity index (χ4v) is 2.91. The summed E-state index contributed by atoms with van der Waals surface area (Å²) in [4.78, 5) is 13.2. The van der Waals surface area contributed by atoms with Gasteiger partial charge in [0, 0.05) is 15.6 Å². The Morgan fingerprint density at radius 3 is 2.60 bits per heavy atom. The molecule has 2 nitrogen and oxygen atoms in total. The normalized spacial score (nSPS) is 17.4. The van der Waals surface area contributed by atoms with Gasteiger partial charge in [0.05, 0.1) is 11.7 Å². The number of anilines is 1. The Balaban J connectivity index is 2.14. The standard InChI is InChI=1S/C16H11Cl2NO/c17-12-5-3-4-11(8-12)16-9-14(18)13-6-1-2-7-15(13)19(16)10-20/h1-10,16H. The molecule has 2 aromatic rings.